The molecule has 0 amide bonds. The van der Waals surface area contributed by atoms with Gasteiger partial charge in [0.15, 0.2) is 0 Å². The van der Waals surface area contributed by atoms with Gasteiger partial charge in [0.2, 0.25) is 0 Å². The lowest BCUT2D eigenvalue weighted by Crippen LogP contribution is -2.10. The van der Waals surface area contributed by atoms with Crippen molar-refractivity contribution in [3.8, 4) is 22.8 Å². The average Bonchev–Trinajstić information content (AvgIpc) is 2.65. The van der Waals surface area contributed by atoms with E-state index in [1.54, 1.807) is 20.2 Å². The largest absolute Gasteiger partial charge is 0.497 e. The number of ether oxygens (including phenoxy) is 2. The second-order valence-corrected chi connectivity index (χ2v) is 4.57. The minimum absolute atomic E-state index is 0.215. The van der Waals surface area contributed by atoms with Crippen LogP contribution in [-0.2, 0) is 13.5 Å². The van der Waals surface area contributed by atoms with Crippen molar-refractivity contribution in [1.82, 2.24) is 9.78 Å². The summed E-state index contributed by atoms with van der Waals surface area (Å²) in [5.41, 5.74) is 2.39. The lowest BCUT2D eigenvalue weighted by atomic mass is 10.0. The number of methoxy groups -OCH3 is 1. The number of aryl methyl sites for hydroxylation is 1. The molecule has 0 unspecified atom stereocenters. The van der Waals surface area contributed by atoms with Crippen LogP contribution in [0.1, 0.15) is 16.1 Å². The van der Waals surface area contributed by atoms with E-state index in [2.05, 4.69) is 5.10 Å². The van der Waals surface area contributed by atoms with Gasteiger partial charge in [-0.3, -0.25) is 4.68 Å². The maximum absolute atomic E-state index is 11.4. The highest BCUT2D eigenvalue weighted by molar-refractivity contribution is 5.90. The summed E-state index contributed by atoms with van der Waals surface area (Å²) in [7, 11) is 3.23. The monoisotopic (exact) mass is 274 g/mol. The molecule has 6 heteroatoms. The highest BCUT2D eigenvalue weighted by Gasteiger charge is 2.26. The van der Waals surface area contributed by atoms with E-state index in [4.69, 9.17) is 9.47 Å². The third-order valence-corrected chi connectivity index (χ3v) is 3.40. The number of hydrogen-bond donors (Lipinski definition) is 1. The van der Waals surface area contributed by atoms with E-state index in [1.165, 1.54) is 4.68 Å². The summed E-state index contributed by atoms with van der Waals surface area (Å²) in [6.45, 7) is 0.416. The number of carbonyl (C=O) groups is 1. The van der Waals surface area contributed by atoms with E-state index < -0.39 is 5.97 Å². The number of benzene rings is 1. The maximum atomic E-state index is 11.4. The van der Waals surface area contributed by atoms with E-state index in [9.17, 15) is 9.90 Å². The smallest absolute Gasteiger partial charge is 0.354 e. The lowest BCUT2D eigenvalue weighted by Gasteiger charge is -2.08. The van der Waals surface area contributed by atoms with Gasteiger partial charge in [0, 0.05) is 30.7 Å². The summed E-state index contributed by atoms with van der Waals surface area (Å²) in [4.78, 5) is 11.4. The van der Waals surface area contributed by atoms with Crippen molar-refractivity contribution in [3.63, 3.8) is 0 Å². The molecular weight excluding hydrogens is 260 g/mol. The van der Waals surface area contributed by atoms with Gasteiger partial charge < -0.3 is 14.6 Å². The molecule has 1 aromatic carbocycles. The lowest BCUT2D eigenvalue weighted by molar-refractivity contribution is 0.0683. The third kappa shape index (κ3) is 1.80. The molecule has 0 fully saturated rings. The number of aromatic carboxylic acids is 1. The average molecular weight is 274 g/mol. The van der Waals surface area contributed by atoms with Gasteiger partial charge in [0.05, 0.1) is 13.7 Å². The molecule has 1 aliphatic heterocycles. The van der Waals surface area contributed by atoms with Crippen molar-refractivity contribution in [3.05, 3.63) is 29.5 Å². The van der Waals surface area contributed by atoms with Crippen LogP contribution in [0.3, 0.4) is 0 Å². The molecule has 0 radical (unpaired) electrons. The fourth-order valence-electron chi connectivity index (χ4n) is 2.50. The predicted octanol–water partition coefficient (Wildman–Crippen LogP) is 1.73. The van der Waals surface area contributed by atoms with Crippen LogP contribution >= 0.6 is 0 Å². The van der Waals surface area contributed by atoms with Gasteiger partial charge in [-0.15, -0.1) is 0 Å². The first-order valence-electron chi connectivity index (χ1n) is 6.22. The van der Waals surface area contributed by atoms with Crippen LogP contribution in [0.15, 0.2) is 18.2 Å². The second-order valence-electron chi connectivity index (χ2n) is 4.57. The molecule has 0 atom stereocenters. The number of carboxylic acids is 1. The van der Waals surface area contributed by atoms with Gasteiger partial charge in [-0.05, 0) is 12.1 Å². The van der Waals surface area contributed by atoms with E-state index in [1.807, 2.05) is 12.1 Å². The SMILES string of the molecule is COc1ccc2c(c1)OCCc1c-2nn(C)c1C(=O)O. The summed E-state index contributed by atoms with van der Waals surface area (Å²) in [5, 5.41) is 13.7. The highest BCUT2D eigenvalue weighted by atomic mass is 16.5. The number of nitrogens with zero attached hydrogens (tertiary/aromatic N) is 2. The number of aromatic nitrogens is 2. The van der Waals surface area contributed by atoms with Crippen LogP contribution < -0.4 is 9.47 Å². The normalized spacial score (nSPS) is 12.9. The Morgan fingerprint density at radius 1 is 1.50 bits per heavy atom. The van der Waals surface area contributed by atoms with E-state index in [0.717, 1.165) is 5.56 Å². The molecule has 1 aliphatic rings. The molecule has 0 spiro atoms. The number of carboxylic acid groups (broad SMARTS) is 1. The van der Waals surface area contributed by atoms with Gasteiger partial charge in [-0.2, -0.15) is 5.10 Å². The first kappa shape index (κ1) is 12.5. The van der Waals surface area contributed by atoms with Gasteiger partial charge in [-0.25, -0.2) is 4.79 Å². The summed E-state index contributed by atoms with van der Waals surface area (Å²) >= 11 is 0. The fourth-order valence-corrected chi connectivity index (χ4v) is 2.50. The molecule has 2 heterocycles. The first-order chi connectivity index (χ1) is 9.61. The van der Waals surface area contributed by atoms with Gasteiger partial charge in [0.25, 0.3) is 0 Å². The van der Waals surface area contributed by atoms with Crippen molar-refractivity contribution < 1.29 is 19.4 Å². The molecule has 20 heavy (non-hydrogen) atoms. The van der Waals surface area contributed by atoms with Crippen molar-refractivity contribution >= 4 is 5.97 Å². The highest BCUT2D eigenvalue weighted by Crippen LogP contribution is 2.37. The molecule has 0 saturated heterocycles. The van der Waals surface area contributed by atoms with Crippen molar-refractivity contribution in [2.75, 3.05) is 13.7 Å². The van der Waals surface area contributed by atoms with Crippen LogP contribution in [0, 0.1) is 0 Å². The summed E-state index contributed by atoms with van der Waals surface area (Å²) < 4.78 is 12.3. The number of hydrogen-bond acceptors (Lipinski definition) is 4. The Balaban J connectivity index is 2.22. The standard InChI is InChI=1S/C14H14N2O4/c1-16-13(14(17)18)10-5-6-20-11-7-8(19-2)3-4-9(11)12(10)15-16/h3-4,7H,5-6H2,1-2H3,(H,17,18). The minimum atomic E-state index is -0.974. The molecule has 1 aromatic heterocycles. The molecule has 6 nitrogen and oxygen atoms in total. The number of rotatable bonds is 2. The second kappa shape index (κ2) is 4.56. The van der Waals surface area contributed by atoms with Gasteiger partial charge in [0.1, 0.15) is 22.9 Å². The molecule has 104 valence electrons. The maximum Gasteiger partial charge on any atom is 0.354 e. The Morgan fingerprint density at radius 2 is 2.30 bits per heavy atom. The zero-order valence-electron chi connectivity index (χ0n) is 11.2. The van der Waals surface area contributed by atoms with Crippen LogP contribution in [-0.4, -0.2) is 34.6 Å². The van der Waals surface area contributed by atoms with Gasteiger partial charge in [-0.1, -0.05) is 0 Å². The van der Waals surface area contributed by atoms with E-state index in [-0.39, 0.29) is 5.69 Å². The summed E-state index contributed by atoms with van der Waals surface area (Å²) in [5.74, 6) is 0.387. The molecule has 0 aliphatic carbocycles. The zero-order valence-corrected chi connectivity index (χ0v) is 11.2. The Bertz CT molecular complexity index is 691. The molecule has 0 saturated carbocycles. The van der Waals surface area contributed by atoms with E-state index >= 15 is 0 Å². The minimum Gasteiger partial charge on any atom is -0.497 e. The number of fused-ring (bicyclic) bond motifs is 3. The van der Waals surface area contributed by atoms with Crippen molar-refractivity contribution in [2.24, 2.45) is 7.05 Å². The first-order valence-corrected chi connectivity index (χ1v) is 6.22. The Labute approximate surface area is 115 Å². The van der Waals surface area contributed by atoms with Crippen LogP contribution in [0.4, 0.5) is 0 Å². The summed E-state index contributed by atoms with van der Waals surface area (Å²) in [6, 6.07) is 5.45. The Morgan fingerprint density at radius 3 is 3.00 bits per heavy atom. The molecule has 3 rings (SSSR count). The third-order valence-electron chi connectivity index (χ3n) is 3.40. The Kier molecular flexibility index (Phi) is 2.85. The van der Waals surface area contributed by atoms with Crippen molar-refractivity contribution in [1.29, 1.82) is 0 Å². The topological polar surface area (TPSA) is 73.6 Å². The van der Waals surface area contributed by atoms with Crippen molar-refractivity contribution in [2.45, 2.75) is 6.42 Å². The van der Waals surface area contributed by atoms with Crippen LogP contribution in [0.5, 0.6) is 11.5 Å². The molecule has 2 aromatic rings. The van der Waals surface area contributed by atoms with E-state index in [0.29, 0.717) is 35.8 Å². The molecule has 0 bridgehead atoms. The summed E-state index contributed by atoms with van der Waals surface area (Å²) in [6.07, 6.45) is 0.516. The zero-order chi connectivity index (χ0) is 14.3. The Hall–Kier alpha value is -2.50. The fraction of sp³-hybridized carbons (Fsp3) is 0.286. The van der Waals surface area contributed by atoms with Crippen LogP contribution in [0.2, 0.25) is 0 Å². The molecule has 1 N–H and O–H groups in total. The van der Waals surface area contributed by atoms with Crippen LogP contribution in [0.25, 0.3) is 11.3 Å². The quantitative estimate of drug-likeness (QED) is 0.902. The molecular formula is C14H14N2O4. The van der Waals surface area contributed by atoms with Gasteiger partial charge >= 0.3 is 5.97 Å². The predicted molar refractivity (Wildman–Crippen MR) is 71.4 cm³/mol.